The van der Waals surface area contributed by atoms with Gasteiger partial charge in [-0.25, -0.2) is 24.1 Å². The number of rotatable bonds is 4. The second-order valence-electron chi connectivity index (χ2n) is 10.5. The second-order valence-corrected chi connectivity index (χ2v) is 10.5. The van der Waals surface area contributed by atoms with Crippen molar-refractivity contribution in [2.24, 2.45) is 5.41 Å². The van der Waals surface area contributed by atoms with Crippen LogP contribution in [0.25, 0.3) is 16.8 Å². The highest BCUT2D eigenvalue weighted by molar-refractivity contribution is 6.04. The average molecular weight is 581 g/mol. The Morgan fingerprint density at radius 1 is 1.12 bits per heavy atom. The summed E-state index contributed by atoms with van der Waals surface area (Å²) in [6.07, 6.45) is 1.81. The molecular formula is C28H24F4N8O2. The first-order chi connectivity index (χ1) is 20.1. The molecule has 4 aromatic rings. The Morgan fingerprint density at radius 2 is 1.90 bits per heavy atom. The highest BCUT2D eigenvalue weighted by atomic mass is 19.4. The molecule has 6 rings (SSSR count). The lowest BCUT2D eigenvalue weighted by molar-refractivity contribution is -0.137. The summed E-state index contributed by atoms with van der Waals surface area (Å²) in [7, 11) is 0. The Labute approximate surface area is 236 Å². The van der Waals surface area contributed by atoms with Crippen molar-refractivity contribution < 1.29 is 27.2 Å². The summed E-state index contributed by atoms with van der Waals surface area (Å²) < 4.78 is 56.3. The van der Waals surface area contributed by atoms with Crippen LogP contribution in [0.5, 0.6) is 0 Å². The van der Waals surface area contributed by atoms with E-state index in [1.54, 1.807) is 10.6 Å². The number of piperidine rings is 1. The molecule has 10 nitrogen and oxygen atoms in total. The van der Waals surface area contributed by atoms with Crippen molar-refractivity contribution in [2.75, 3.05) is 35.6 Å². The number of halogens is 4. The van der Waals surface area contributed by atoms with Crippen molar-refractivity contribution in [3.05, 3.63) is 71.6 Å². The van der Waals surface area contributed by atoms with Gasteiger partial charge in [0, 0.05) is 55.8 Å². The molecule has 5 heterocycles. The van der Waals surface area contributed by atoms with Gasteiger partial charge in [0.2, 0.25) is 5.95 Å². The minimum Gasteiger partial charge on any atom is -0.382 e. The number of nitrogens with one attached hydrogen (secondary N) is 2. The average Bonchev–Trinajstić information content (AvgIpc) is 3.56. The Morgan fingerprint density at radius 3 is 2.60 bits per heavy atom. The molecule has 4 N–H and O–H groups in total. The van der Waals surface area contributed by atoms with Gasteiger partial charge >= 0.3 is 6.18 Å². The van der Waals surface area contributed by atoms with Crippen LogP contribution in [0.4, 0.5) is 35.1 Å². The molecule has 0 aliphatic carbocycles. The third kappa shape index (κ3) is 4.90. The van der Waals surface area contributed by atoms with E-state index in [9.17, 15) is 22.8 Å². The Hall–Kier alpha value is -4.97. The summed E-state index contributed by atoms with van der Waals surface area (Å²) >= 11 is 0. The van der Waals surface area contributed by atoms with Gasteiger partial charge in [0.1, 0.15) is 34.6 Å². The minimum absolute atomic E-state index is 0.0220. The molecule has 14 heteroatoms. The highest BCUT2D eigenvalue weighted by Crippen LogP contribution is 2.42. The molecule has 0 atom stereocenters. The molecule has 2 aliphatic heterocycles. The lowest BCUT2D eigenvalue weighted by atomic mass is 9.77. The number of carbonyl (C=O) groups excluding carboxylic acids is 2. The summed E-state index contributed by atoms with van der Waals surface area (Å²) in [5.41, 5.74) is 6.37. The standard InChI is InChI=1S/C28H24F4N8O2/c29-20-11-16(25(42)37-21-12-17(3-6-34-21)28(30,31)32)1-2-19(20)22-23-24(33)35-7-10-40(23)26(38-22)39-8-4-27(5-9-39)13-18(14-41)36-15-27/h1-3,6-7,10-12,36H,4-5,8-9,13,15H2,(H2,33,35)(H,34,37,42). The number of imidazole rings is 1. The number of nitrogen functional groups attached to an aromatic ring is 1. The Kier molecular flexibility index (Phi) is 6.57. The van der Waals surface area contributed by atoms with Crippen molar-refractivity contribution >= 4 is 34.9 Å². The quantitative estimate of drug-likeness (QED) is 0.243. The number of carbonyl (C=O) groups is 1. The molecule has 1 aromatic carbocycles. The molecule has 1 amide bonds. The fourth-order valence-electron chi connectivity index (χ4n) is 5.57. The van der Waals surface area contributed by atoms with E-state index in [2.05, 4.69) is 25.5 Å². The number of allylic oxidation sites excluding steroid dienone is 1. The van der Waals surface area contributed by atoms with Crippen molar-refractivity contribution in [1.82, 2.24) is 24.7 Å². The van der Waals surface area contributed by atoms with Crippen LogP contribution in [0.15, 0.2) is 54.6 Å². The van der Waals surface area contributed by atoms with E-state index in [1.165, 1.54) is 18.3 Å². The molecule has 0 radical (unpaired) electrons. The number of alkyl halides is 3. The number of nitrogens with two attached hydrogens (primary N) is 1. The monoisotopic (exact) mass is 580 g/mol. The van der Waals surface area contributed by atoms with Gasteiger partial charge in [-0.3, -0.25) is 9.20 Å². The first kappa shape index (κ1) is 27.2. The van der Waals surface area contributed by atoms with E-state index < -0.39 is 23.5 Å². The lowest BCUT2D eigenvalue weighted by Crippen LogP contribution is -2.42. The van der Waals surface area contributed by atoms with Gasteiger partial charge in [-0.1, -0.05) is 0 Å². The van der Waals surface area contributed by atoms with Crippen molar-refractivity contribution in [3.63, 3.8) is 0 Å². The largest absolute Gasteiger partial charge is 0.416 e. The zero-order chi connectivity index (χ0) is 29.6. The zero-order valence-corrected chi connectivity index (χ0v) is 22.0. The Balaban J connectivity index is 1.28. The first-order valence-electron chi connectivity index (χ1n) is 13.1. The van der Waals surface area contributed by atoms with Gasteiger partial charge < -0.3 is 21.3 Å². The van der Waals surface area contributed by atoms with Crippen LogP contribution < -0.4 is 21.3 Å². The van der Waals surface area contributed by atoms with Gasteiger partial charge in [-0.2, -0.15) is 13.2 Å². The topological polar surface area (TPSA) is 131 Å². The molecule has 0 saturated carbocycles. The van der Waals surface area contributed by atoms with Crippen LogP contribution in [-0.2, 0) is 11.0 Å². The third-order valence-corrected chi connectivity index (χ3v) is 7.84. The zero-order valence-electron chi connectivity index (χ0n) is 22.0. The number of fused-ring (bicyclic) bond motifs is 1. The van der Waals surface area contributed by atoms with Crippen LogP contribution in [-0.4, -0.2) is 50.8 Å². The predicted molar refractivity (Wildman–Crippen MR) is 146 cm³/mol. The molecule has 42 heavy (non-hydrogen) atoms. The second kappa shape index (κ2) is 10.1. The van der Waals surface area contributed by atoms with E-state index in [4.69, 9.17) is 10.7 Å². The third-order valence-electron chi connectivity index (χ3n) is 7.84. The number of pyridine rings is 1. The fourth-order valence-corrected chi connectivity index (χ4v) is 5.57. The maximum Gasteiger partial charge on any atom is 0.416 e. The number of amides is 1. The molecule has 2 saturated heterocycles. The molecule has 1 spiro atoms. The van der Waals surface area contributed by atoms with E-state index in [-0.39, 0.29) is 33.9 Å². The van der Waals surface area contributed by atoms with Gasteiger partial charge in [0.05, 0.1) is 11.3 Å². The summed E-state index contributed by atoms with van der Waals surface area (Å²) in [6, 6.07) is 5.16. The van der Waals surface area contributed by atoms with Gasteiger partial charge in [-0.15, -0.1) is 0 Å². The van der Waals surface area contributed by atoms with Crippen LogP contribution in [0.1, 0.15) is 35.2 Å². The van der Waals surface area contributed by atoms with Crippen LogP contribution in [0.2, 0.25) is 0 Å². The van der Waals surface area contributed by atoms with Crippen LogP contribution in [0.3, 0.4) is 0 Å². The van der Waals surface area contributed by atoms with E-state index >= 15 is 4.39 Å². The summed E-state index contributed by atoms with van der Waals surface area (Å²) in [5, 5.41) is 5.40. The van der Waals surface area contributed by atoms with E-state index in [1.807, 2.05) is 5.94 Å². The smallest absolute Gasteiger partial charge is 0.382 e. The number of aromatic nitrogens is 4. The first-order valence-corrected chi connectivity index (χ1v) is 13.1. The van der Waals surface area contributed by atoms with E-state index in [0.717, 1.165) is 31.2 Å². The van der Waals surface area contributed by atoms with Gasteiger partial charge in [0.25, 0.3) is 5.91 Å². The number of anilines is 3. The molecule has 3 aromatic heterocycles. The van der Waals surface area contributed by atoms with Gasteiger partial charge in [0.15, 0.2) is 0 Å². The number of hydrogen-bond acceptors (Lipinski definition) is 8. The molecule has 0 bridgehead atoms. The van der Waals surface area contributed by atoms with Crippen LogP contribution in [0, 0.1) is 11.2 Å². The highest BCUT2D eigenvalue weighted by Gasteiger charge is 2.40. The lowest BCUT2D eigenvalue weighted by Gasteiger charge is -2.38. The predicted octanol–water partition coefficient (Wildman–Crippen LogP) is 4.08. The summed E-state index contributed by atoms with van der Waals surface area (Å²) in [4.78, 5) is 38.5. The Bertz CT molecular complexity index is 1750. The van der Waals surface area contributed by atoms with Crippen molar-refractivity contribution in [1.29, 1.82) is 0 Å². The molecule has 0 unspecified atom stereocenters. The normalized spacial score (nSPS) is 16.5. The summed E-state index contributed by atoms with van der Waals surface area (Å²) in [5.74, 6) is 0.721. The molecule has 2 aliphatic rings. The van der Waals surface area contributed by atoms with Gasteiger partial charge in [-0.05, 0) is 48.6 Å². The summed E-state index contributed by atoms with van der Waals surface area (Å²) in [6.45, 7) is 2.02. The number of hydrogen-bond donors (Lipinski definition) is 3. The number of benzene rings is 1. The SMILES string of the molecule is Nc1nccn2c(N3CCC4(CC3)CNC(=C=O)C4)nc(-c3ccc(C(=O)Nc4cc(C(F)(F)F)ccn4)cc3F)c12. The number of nitrogens with zero attached hydrogens (tertiary/aromatic N) is 5. The molecule has 216 valence electrons. The maximum atomic E-state index is 15.5. The molecule has 2 fully saturated rings. The fraction of sp³-hybridized carbons (Fsp3) is 0.286. The van der Waals surface area contributed by atoms with Crippen molar-refractivity contribution in [2.45, 2.75) is 25.4 Å². The van der Waals surface area contributed by atoms with E-state index in [0.29, 0.717) is 49.3 Å². The van der Waals surface area contributed by atoms with Crippen molar-refractivity contribution in [3.8, 4) is 11.3 Å². The maximum absolute atomic E-state index is 15.5. The molecular weight excluding hydrogens is 556 g/mol. The minimum atomic E-state index is -4.61. The van der Waals surface area contributed by atoms with Crippen LogP contribution >= 0.6 is 0 Å².